The third kappa shape index (κ3) is 5.02. The Bertz CT molecular complexity index is 1180. The number of amides is 1. The summed E-state index contributed by atoms with van der Waals surface area (Å²) in [7, 11) is 0. The van der Waals surface area contributed by atoms with Gasteiger partial charge in [0.15, 0.2) is 5.82 Å². The van der Waals surface area contributed by atoms with E-state index in [0.717, 1.165) is 11.1 Å². The molecule has 0 bridgehead atoms. The van der Waals surface area contributed by atoms with Crippen molar-refractivity contribution in [1.82, 2.24) is 20.2 Å². The number of carbonyl (C=O) groups excluding carboxylic acids is 1. The number of nitrogens with one attached hydrogen (secondary N) is 1. The summed E-state index contributed by atoms with van der Waals surface area (Å²) in [5, 5.41) is 30.5. The lowest BCUT2D eigenvalue weighted by Crippen LogP contribution is -2.18. The van der Waals surface area contributed by atoms with Crippen molar-refractivity contribution in [2.24, 2.45) is 5.92 Å². The topological polar surface area (TPSA) is 121 Å². The fourth-order valence-corrected chi connectivity index (χ4v) is 3.77. The summed E-state index contributed by atoms with van der Waals surface area (Å²) in [6.07, 6.45) is 0.316. The van der Waals surface area contributed by atoms with E-state index >= 15 is 0 Å². The summed E-state index contributed by atoms with van der Waals surface area (Å²) in [5.41, 5.74) is 4.52. The van der Waals surface area contributed by atoms with Crippen LogP contribution in [0.25, 0.3) is 22.0 Å². The van der Waals surface area contributed by atoms with Crippen molar-refractivity contribution in [3.8, 4) is 22.0 Å². The lowest BCUT2D eigenvalue weighted by Gasteiger charge is -2.13. The Morgan fingerprint density at radius 3 is 2.47 bits per heavy atom. The number of aliphatic hydroxyl groups is 2. The van der Waals surface area contributed by atoms with Crippen molar-refractivity contribution < 1.29 is 15.0 Å². The maximum absolute atomic E-state index is 13.2. The Kier molecular flexibility index (Phi) is 6.90. The predicted octanol–water partition coefficient (Wildman–Crippen LogP) is 3.06. The highest BCUT2D eigenvalue weighted by molar-refractivity contribution is 7.12. The molecular formula is C23H21N5O3S. The first-order valence-corrected chi connectivity index (χ1v) is 10.9. The van der Waals surface area contributed by atoms with Crippen LogP contribution in [-0.4, -0.2) is 49.5 Å². The highest BCUT2D eigenvalue weighted by Crippen LogP contribution is 2.29. The van der Waals surface area contributed by atoms with Gasteiger partial charge in [-0.05, 0) is 24.6 Å². The molecule has 0 radical (unpaired) electrons. The minimum absolute atomic E-state index is 0.183. The average molecular weight is 448 g/mol. The van der Waals surface area contributed by atoms with Crippen LogP contribution in [0.5, 0.6) is 0 Å². The second-order valence-electron chi connectivity index (χ2n) is 7.11. The van der Waals surface area contributed by atoms with Crippen LogP contribution in [0.3, 0.4) is 0 Å². The summed E-state index contributed by atoms with van der Waals surface area (Å²) in [6.45, 7) is -0.365. The molecule has 3 N–H and O–H groups in total. The Morgan fingerprint density at radius 1 is 1.00 bits per heavy atom. The number of para-hydroxylation sites is 1. The lowest BCUT2D eigenvalue weighted by atomic mass is 10.0. The predicted molar refractivity (Wildman–Crippen MR) is 122 cm³/mol. The largest absolute Gasteiger partial charge is 0.396 e. The Hall–Kier alpha value is -3.53. The molecule has 4 rings (SSSR count). The molecule has 0 unspecified atom stereocenters. The Balaban J connectivity index is 1.69. The van der Waals surface area contributed by atoms with Gasteiger partial charge in [0, 0.05) is 36.0 Å². The molecule has 162 valence electrons. The number of aromatic nitrogens is 4. The van der Waals surface area contributed by atoms with Crippen molar-refractivity contribution in [3.05, 3.63) is 77.6 Å². The summed E-state index contributed by atoms with van der Waals surface area (Å²) in [6, 6.07) is 18.3. The average Bonchev–Trinajstić information content (AvgIpc) is 3.38. The smallest absolute Gasteiger partial charge is 0.274 e. The summed E-state index contributed by atoms with van der Waals surface area (Å²) in [4.78, 5) is 22.2. The van der Waals surface area contributed by atoms with Gasteiger partial charge < -0.3 is 15.5 Å². The van der Waals surface area contributed by atoms with E-state index in [4.69, 9.17) is 0 Å². The highest BCUT2D eigenvalue weighted by atomic mass is 32.1. The molecule has 0 aliphatic rings. The van der Waals surface area contributed by atoms with Crippen molar-refractivity contribution in [3.63, 3.8) is 0 Å². The minimum atomic E-state index is -0.396. The van der Waals surface area contributed by atoms with Crippen LogP contribution in [0.15, 0.2) is 66.2 Å². The zero-order chi connectivity index (χ0) is 22.3. The molecule has 0 saturated carbocycles. The molecule has 0 atom stereocenters. The summed E-state index contributed by atoms with van der Waals surface area (Å²) >= 11 is 1.38. The first-order chi connectivity index (χ1) is 15.7. The zero-order valence-corrected chi connectivity index (χ0v) is 17.9. The van der Waals surface area contributed by atoms with Crippen LogP contribution < -0.4 is 5.32 Å². The molecule has 8 nitrogen and oxygen atoms in total. The van der Waals surface area contributed by atoms with E-state index in [1.54, 1.807) is 17.6 Å². The molecule has 2 aromatic carbocycles. The SMILES string of the molecule is O=C(Nc1ccccc1-c1nncs1)c1cc(CC(CO)CO)nc(-c2ccccc2)n1. The molecule has 0 aliphatic heterocycles. The van der Waals surface area contributed by atoms with Gasteiger partial charge in [0.05, 0.1) is 5.69 Å². The second-order valence-corrected chi connectivity index (χ2v) is 7.95. The molecule has 4 aromatic rings. The van der Waals surface area contributed by atoms with E-state index in [1.165, 1.54) is 11.3 Å². The van der Waals surface area contributed by atoms with Gasteiger partial charge in [-0.1, -0.05) is 53.8 Å². The Morgan fingerprint density at radius 2 is 1.75 bits per heavy atom. The quantitative estimate of drug-likeness (QED) is 0.379. The van der Waals surface area contributed by atoms with Gasteiger partial charge in [-0.3, -0.25) is 4.79 Å². The molecule has 2 heterocycles. The molecular weight excluding hydrogens is 426 g/mol. The van der Waals surface area contributed by atoms with E-state index in [9.17, 15) is 15.0 Å². The number of rotatable bonds is 8. The van der Waals surface area contributed by atoms with Crippen LogP contribution in [0.2, 0.25) is 0 Å². The third-order valence-corrected chi connectivity index (χ3v) is 5.55. The summed E-state index contributed by atoms with van der Waals surface area (Å²) < 4.78 is 0. The number of nitrogens with zero attached hydrogens (tertiary/aromatic N) is 4. The maximum Gasteiger partial charge on any atom is 0.274 e. The fraction of sp³-hybridized carbons (Fsp3) is 0.174. The first kappa shape index (κ1) is 21.7. The van der Waals surface area contributed by atoms with Gasteiger partial charge >= 0.3 is 0 Å². The van der Waals surface area contributed by atoms with E-state index in [2.05, 4.69) is 25.5 Å². The number of benzene rings is 2. The number of anilines is 1. The second kappa shape index (κ2) is 10.2. The molecule has 0 spiro atoms. The maximum atomic E-state index is 13.2. The van der Waals surface area contributed by atoms with Crippen molar-refractivity contribution in [2.75, 3.05) is 18.5 Å². The number of hydrogen-bond acceptors (Lipinski definition) is 8. The van der Waals surface area contributed by atoms with Crippen molar-refractivity contribution >= 4 is 22.9 Å². The minimum Gasteiger partial charge on any atom is -0.396 e. The van der Waals surface area contributed by atoms with E-state index in [-0.39, 0.29) is 24.8 Å². The van der Waals surface area contributed by atoms with Crippen LogP contribution in [0, 0.1) is 5.92 Å². The molecule has 1 amide bonds. The molecule has 32 heavy (non-hydrogen) atoms. The van der Waals surface area contributed by atoms with Gasteiger partial charge in [-0.15, -0.1) is 10.2 Å². The molecule has 0 fully saturated rings. The number of aliphatic hydroxyl groups excluding tert-OH is 2. The monoisotopic (exact) mass is 447 g/mol. The summed E-state index contributed by atoms with van der Waals surface area (Å²) in [5.74, 6) is -0.366. The van der Waals surface area contributed by atoms with Gasteiger partial charge in [-0.25, -0.2) is 9.97 Å². The number of carbonyl (C=O) groups is 1. The van der Waals surface area contributed by atoms with Gasteiger partial charge in [-0.2, -0.15) is 0 Å². The zero-order valence-electron chi connectivity index (χ0n) is 17.0. The molecule has 9 heteroatoms. The first-order valence-electron chi connectivity index (χ1n) is 10.00. The lowest BCUT2D eigenvalue weighted by molar-refractivity contribution is 0.102. The Labute approximate surface area is 188 Å². The normalized spacial score (nSPS) is 11.0. The van der Waals surface area contributed by atoms with Crippen LogP contribution in [0.1, 0.15) is 16.2 Å². The van der Waals surface area contributed by atoms with Gasteiger partial charge in [0.1, 0.15) is 16.2 Å². The fourth-order valence-electron chi connectivity index (χ4n) is 3.17. The van der Waals surface area contributed by atoms with Crippen molar-refractivity contribution in [2.45, 2.75) is 6.42 Å². The third-order valence-electron chi connectivity index (χ3n) is 4.82. The van der Waals surface area contributed by atoms with E-state index in [0.29, 0.717) is 28.6 Å². The van der Waals surface area contributed by atoms with Crippen LogP contribution in [-0.2, 0) is 6.42 Å². The van der Waals surface area contributed by atoms with Gasteiger partial charge in [0.2, 0.25) is 0 Å². The van der Waals surface area contributed by atoms with E-state index < -0.39 is 5.91 Å². The van der Waals surface area contributed by atoms with Crippen molar-refractivity contribution in [1.29, 1.82) is 0 Å². The molecule has 2 aromatic heterocycles. The van der Waals surface area contributed by atoms with Crippen LogP contribution >= 0.6 is 11.3 Å². The van der Waals surface area contributed by atoms with Crippen LogP contribution in [0.4, 0.5) is 5.69 Å². The molecule has 0 saturated heterocycles. The standard InChI is InChI=1S/C23H21N5O3S/c29-12-15(13-30)10-17-11-20(26-21(25-17)16-6-2-1-3-7-16)22(31)27-19-9-5-4-8-18(19)23-28-24-14-32-23/h1-9,11,14-15,29-30H,10,12-13H2,(H,27,31). The van der Waals surface area contributed by atoms with Gasteiger partial charge in [0.25, 0.3) is 5.91 Å². The van der Waals surface area contributed by atoms with E-state index in [1.807, 2.05) is 48.5 Å². The molecule has 0 aliphatic carbocycles. The highest BCUT2D eigenvalue weighted by Gasteiger charge is 2.18. The number of hydrogen-bond donors (Lipinski definition) is 3.